The third-order valence-electron chi connectivity index (χ3n) is 2.79. The lowest BCUT2D eigenvalue weighted by Crippen LogP contribution is -2.23. The van der Waals surface area contributed by atoms with Gasteiger partial charge in [0, 0.05) is 15.5 Å². The number of carbonyl (C=O) groups is 1. The van der Waals surface area contributed by atoms with Crippen molar-refractivity contribution in [1.29, 1.82) is 0 Å². The molecule has 0 spiro atoms. The van der Waals surface area contributed by atoms with Crippen LogP contribution in [0.5, 0.6) is 0 Å². The molecule has 1 N–H and O–H groups in total. The molecule has 5 heteroatoms. The molecular formula is C14H15BrN2OS. The number of aromatic nitrogens is 1. The number of aryl methyl sites for hydroxylation is 2. The summed E-state index contributed by atoms with van der Waals surface area (Å²) in [5.41, 5.74) is 1.71. The molecule has 1 aromatic heterocycles. The van der Waals surface area contributed by atoms with Crippen molar-refractivity contribution in [3.63, 3.8) is 0 Å². The molecule has 0 aliphatic carbocycles. The monoisotopic (exact) mass is 338 g/mol. The Morgan fingerprint density at radius 3 is 2.95 bits per heavy atom. The minimum absolute atomic E-state index is 0.0798. The summed E-state index contributed by atoms with van der Waals surface area (Å²) in [6.45, 7) is 4.54. The smallest absolute Gasteiger partial charge is 0.252 e. The molecule has 0 atom stereocenters. The Hall–Kier alpha value is -1.20. The second-order valence-electron chi connectivity index (χ2n) is 4.19. The van der Waals surface area contributed by atoms with Crippen LogP contribution in [0, 0.1) is 6.92 Å². The van der Waals surface area contributed by atoms with Crippen molar-refractivity contribution in [3.05, 3.63) is 49.9 Å². The number of nitrogens with one attached hydrogen (secondary N) is 1. The Labute approximate surface area is 125 Å². The van der Waals surface area contributed by atoms with Crippen LogP contribution in [0.2, 0.25) is 0 Å². The highest BCUT2D eigenvalue weighted by molar-refractivity contribution is 9.10. The zero-order valence-electron chi connectivity index (χ0n) is 10.9. The molecule has 0 aliphatic heterocycles. The third kappa shape index (κ3) is 3.42. The van der Waals surface area contributed by atoms with Gasteiger partial charge in [-0.25, -0.2) is 4.98 Å². The van der Waals surface area contributed by atoms with E-state index in [1.54, 1.807) is 11.3 Å². The number of halogens is 1. The average Bonchev–Trinajstić information content (AvgIpc) is 2.87. The zero-order chi connectivity index (χ0) is 13.8. The summed E-state index contributed by atoms with van der Waals surface area (Å²) in [4.78, 5) is 17.6. The fraction of sp³-hybridized carbons (Fsp3) is 0.286. The van der Waals surface area contributed by atoms with Gasteiger partial charge < -0.3 is 5.32 Å². The lowest BCUT2D eigenvalue weighted by molar-refractivity contribution is 0.0950. The maximum Gasteiger partial charge on any atom is 0.252 e. The van der Waals surface area contributed by atoms with Gasteiger partial charge in [-0.1, -0.05) is 19.1 Å². The van der Waals surface area contributed by atoms with Crippen molar-refractivity contribution in [3.8, 4) is 0 Å². The molecule has 1 heterocycles. The van der Waals surface area contributed by atoms with Crippen molar-refractivity contribution >= 4 is 33.2 Å². The molecule has 0 fully saturated rings. The normalized spacial score (nSPS) is 10.5. The van der Waals surface area contributed by atoms with Gasteiger partial charge >= 0.3 is 0 Å². The van der Waals surface area contributed by atoms with Gasteiger partial charge in [0.2, 0.25) is 0 Å². The highest BCUT2D eigenvalue weighted by Gasteiger charge is 2.11. The summed E-state index contributed by atoms with van der Waals surface area (Å²) in [6.07, 6.45) is 2.85. The molecule has 19 heavy (non-hydrogen) atoms. The van der Waals surface area contributed by atoms with Crippen LogP contribution in [0.25, 0.3) is 0 Å². The van der Waals surface area contributed by atoms with Crippen molar-refractivity contribution in [2.75, 3.05) is 0 Å². The van der Waals surface area contributed by atoms with Gasteiger partial charge in [-0.3, -0.25) is 4.79 Å². The Morgan fingerprint density at radius 1 is 1.47 bits per heavy atom. The molecule has 100 valence electrons. The van der Waals surface area contributed by atoms with E-state index < -0.39 is 0 Å². The van der Waals surface area contributed by atoms with Gasteiger partial charge in [0.05, 0.1) is 12.1 Å². The van der Waals surface area contributed by atoms with E-state index in [1.165, 1.54) is 4.88 Å². The first-order valence-electron chi connectivity index (χ1n) is 6.08. The standard InChI is InChI=1S/C14H15BrN2OS/c1-3-10-7-16-12(19-10)8-17-14(18)11-6-4-5-9(2)13(11)15/h4-7H,3,8H2,1-2H3,(H,17,18). The van der Waals surface area contributed by atoms with Crippen molar-refractivity contribution in [2.24, 2.45) is 0 Å². The molecule has 0 radical (unpaired) electrons. The molecule has 0 unspecified atom stereocenters. The number of amides is 1. The minimum atomic E-state index is -0.0798. The van der Waals surface area contributed by atoms with E-state index in [4.69, 9.17) is 0 Å². The highest BCUT2D eigenvalue weighted by atomic mass is 79.9. The number of thiazole rings is 1. The van der Waals surface area contributed by atoms with Crippen LogP contribution in [0.4, 0.5) is 0 Å². The number of rotatable bonds is 4. The number of nitrogens with zero attached hydrogens (tertiary/aromatic N) is 1. The van der Waals surface area contributed by atoms with E-state index in [9.17, 15) is 4.79 Å². The first-order chi connectivity index (χ1) is 9.11. The van der Waals surface area contributed by atoms with Gasteiger partial charge in [-0.05, 0) is 40.9 Å². The SMILES string of the molecule is CCc1cnc(CNC(=O)c2cccc(C)c2Br)s1. The molecule has 3 nitrogen and oxygen atoms in total. The van der Waals surface area contributed by atoms with E-state index in [-0.39, 0.29) is 5.91 Å². The summed E-state index contributed by atoms with van der Waals surface area (Å²) >= 11 is 5.09. The van der Waals surface area contributed by atoms with Gasteiger partial charge in [-0.15, -0.1) is 11.3 Å². The van der Waals surface area contributed by atoms with Crippen LogP contribution in [-0.2, 0) is 13.0 Å². The molecule has 2 rings (SSSR count). The lowest BCUT2D eigenvalue weighted by Gasteiger charge is -2.07. The van der Waals surface area contributed by atoms with Gasteiger partial charge in [-0.2, -0.15) is 0 Å². The third-order valence-corrected chi connectivity index (χ3v) is 4.98. The summed E-state index contributed by atoms with van der Waals surface area (Å²) < 4.78 is 0.848. The molecule has 0 saturated carbocycles. The Morgan fingerprint density at radius 2 is 2.26 bits per heavy atom. The topological polar surface area (TPSA) is 42.0 Å². The summed E-state index contributed by atoms with van der Waals surface area (Å²) in [5, 5.41) is 3.84. The maximum atomic E-state index is 12.1. The first kappa shape index (κ1) is 14.2. The Bertz CT molecular complexity index is 595. The average molecular weight is 339 g/mol. The van der Waals surface area contributed by atoms with Gasteiger partial charge in [0.1, 0.15) is 5.01 Å². The molecular weight excluding hydrogens is 324 g/mol. The second-order valence-corrected chi connectivity index (χ2v) is 6.19. The van der Waals surface area contributed by atoms with Crippen molar-refractivity contribution in [2.45, 2.75) is 26.8 Å². The van der Waals surface area contributed by atoms with Gasteiger partial charge in [0.25, 0.3) is 5.91 Å². The molecule has 2 aromatic rings. The predicted octanol–water partition coefficient (Wildman–Crippen LogP) is 3.71. The van der Waals surface area contributed by atoms with Crippen LogP contribution in [0.1, 0.15) is 32.7 Å². The van der Waals surface area contributed by atoms with E-state index in [2.05, 4.69) is 33.2 Å². The first-order valence-corrected chi connectivity index (χ1v) is 7.69. The Balaban J connectivity index is 2.03. The number of carbonyl (C=O) groups excluding carboxylic acids is 1. The fourth-order valence-electron chi connectivity index (χ4n) is 1.67. The van der Waals surface area contributed by atoms with Crippen LogP contribution < -0.4 is 5.32 Å². The molecule has 0 aliphatic rings. The predicted molar refractivity (Wildman–Crippen MR) is 81.5 cm³/mol. The molecule has 1 aromatic carbocycles. The van der Waals surface area contributed by atoms with Crippen molar-refractivity contribution in [1.82, 2.24) is 10.3 Å². The zero-order valence-corrected chi connectivity index (χ0v) is 13.3. The summed E-state index contributed by atoms with van der Waals surface area (Å²) in [5.74, 6) is -0.0798. The molecule has 0 bridgehead atoms. The van der Waals surface area contributed by atoms with Gasteiger partial charge in [0.15, 0.2) is 0 Å². The highest BCUT2D eigenvalue weighted by Crippen LogP contribution is 2.21. The van der Waals surface area contributed by atoms with Crippen LogP contribution in [-0.4, -0.2) is 10.9 Å². The van der Waals surface area contributed by atoms with Crippen molar-refractivity contribution < 1.29 is 4.79 Å². The second kappa shape index (κ2) is 6.30. The number of hydrogen-bond acceptors (Lipinski definition) is 3. The van der Waals surface area contributed by atoms with Crippen LogP contribution in [0.3, 0.4) is 0 Å². The van der Waals surface area contributed by atoms with Crippen LogP contribution in [0.15, 0.2) is 28.9 Å². The molecule has 0 saturated heterocycles. The van der Waals surface area contributed by atoms with E-state index in [0.717, 1.165) is 21.5 Å². The summed E-state index contributed by atoms with van der Waals surface area (Å²) in [7, 11) is 0. The fourth-order valence-corrected chi connectivity index (χ4v) is 2.91. The van der Waals surface area contributed by atoms with E-state index in [1.807, 2.05) is 31.3 Å². The summed E-state index contributed by atoms with van der Waals surface area (Å²) in [6, 6.07) is 5.66. The Kier molecular flexibility index (Phi) is 4.71. The quantitative estimate of drug-likeness (QED) is 0.923. The maximum absolute atomic E-state index is 12.1. The molecule has 1 amide bonds. The largest absolute Gasteiger partial charge is 0.345 e. The lowest BCUT2D eigenvalue weighted by atomic mass is 10.1. The minimum Gasteiger partial charge on any atom is -0.345 e. The van der Waals surface area contributed by atoms with Crippen LogP contribution >= 0.6 is 27.3 Å². The van der Waals surface area contributed by atoms with E-state index >= 15 is 0 Å². The van der Waals surface area contributed by atoms with E-state index in [0.29, 0.717) is 12.1 Å². The number of benzene rings is 1. The number of hydrogen-bond donors (Lipinski definition) is 1.